The highest BCUT2D eigenvalue weighted by Crippen LogP contribution is 2.21. The molecule has 2 aromatic rings. The van der Waals surface area contributed by atoms with Crippen LogP contribution >= 0.6 is 0 Å². The Morgan fingerprint density at radius 1 is 1.33 bits per heavy atom. The molecule has 5 heteroatoms. The molecule has 0 amide bonds. The molecule has 0 spiro atoms. The van der Waals surface area contributed by atoms with Gasteiger partial charge >= 0.3 is 0 Å². The largest absolute Gasteiger partial charge is 0.348 e. The second-order valence-electron chi connectivity index (χ2n) is 5.02. The lowest BCUT2D eigenvalue weighted by atomic mass is 10.1. The highest BCUT2D eigenvalue weighted by atomic mass is 19.1. The molecule has 24 heavy (non-hydrogen) atoms. The number of aromatic nitrogens is 2. The van der Waals surface area contributed by atoms with Crippen molar-refractivity contribution in [3.8, 4) is 17.9 Å². The molecule has 4 nitrogen and oxygen atoms in total. The zero-order valence-electron chi connectivity index (χ0n) is 13.4. The van der Waals surface area contributed by atoms with E-state index in [1.807, 2.05) is 13.0 Å². The topological polar surface area (TPSA) is 52.8 Å². The van der Waals surface area contributed by atoms with E-state index in [0.29, 0.717) is 17.0 Å². The summed E-state index contributed by atoms with van der Waals surface area (Å²) in [6.45, 7) is 5.74. The van der Waals surface area contributed by atoms with Crippen molar-refractivity contribution >= 4 is 5.69 Å². The molecule has 118 valence electrons. The number of nitriles is 1. The van der Waals surface area contributed by atoms with Gasteiger partial charge in [-0.1, -0.05) is 12.5 Å². The van der Waals surface area contributed by atoms with Crippen LogP contribution < -0.4 is 4.90 Å². The number of anilines is 1. The smallest absolute Gasteiger partial charge is 0.131 e. The molecule has 1 heterocycles. The van der Waals surface area contributed by atoms with Crippen LogP contribution in [0, 0.1) is 29.0 Å². The van der Waals surface area contributed by atoms with E-state index in [9.17, 15) is 4.39 Å². The Kier molecular flexibility index (Phi) is 5.44. The number of hydrogen-bond donors (Lipinski definition) is 0. The highest BCUT2D eigenvalue weighted by molar-refractivity contribution is 5.56. The first kappa shape index (κ1) is 16.9. The van der Waals surface area contributed by atoms with Gasteiger partial charge in [0.25, 0.3) is 0 Å². The van der Waals surface area contributed by atoms with Gasteiger partial charge < -0.3 is 4.90 Å². The third-order valence-corrected chi connectivity index (χ3v) is 3.23. The fraction of sp³-hybridized carbons (Fsp3) is 0.105. The maximum absolute atomic E-state index is 13.6. The van der Waals surface area contributed by atoms with Crippen molar-refractivity contribution < 1.29 is 4.39 Å². The van der Waals surface area contributed by atoms with Gasteiger partial charge in [-0.05, 0) is 37.1 Å². The minimum absolute atomic E-state index is 0.269. The number of hydrogen-bond acceptors (Lipinski definition) is 4. The van der Waals surface area contributed by atoms with Crippen LogP contribution in [0.4, 0.5) is 10.1 Å². The van der Waals surface area contributed by atoms with E-state index in [4.69, 9.17) is 5.26 Å². The van der Waals surface area contributed by atoms with Crippen molar-refractivity contribution in [3.05, 3.63) is 77.8 Å². The summed E-state index contributed by atoms with van der Waals surface area (Å²) in [6, 6.07) is 6.13. The van der Waals surface area contributed by atoms with Crippen molar-refractivity contribution in [1.82, 2.24) is 9.97 Å². The van der Waals surface area contributed by atoms with Gasteiger partial charge in [0.05, 0.1) is 17.8 Å². The Bertz CT molecular complexity index is 883. The van der Waals surface area contributed by atoms with Gasteiger partial charge in [-0.15, -0.1) is 0 Å². The molecule has 0 N–H and O–H groups in total. The van der Waals surface area contributed by atoms with E-state index in [1.54, 1.807) is 42.7 Å². The summed E-state index contributed by atoms with van der Waals surface area (Å²) in [6.07, 6.45) is 6.49. The molecule has 0 fully saturated rings. The summed E-state index contributed by atoms with van der Waals surface area (Å²) in [5.41, 5.74) is 2.80. The van der Waals surface area contributed by atoms with E-state index in [2.05, 4.69) is 28.4 Å². The third-order valence-electron chi connectivity index (χ3n) is 3.23. The van der Waals surface area contributed by atoms with E-state index < -0.39 is 5.82 Å². The fourth-order valence-electron chi connectivity index (χ4n) is 1.93. The normalized spacial score (nSPS) is 10.3. The van der Waals surface area contributed by atoms with Gasteiger partial charge in [0.1, 0.15) is 11.5 Å². The quantitative estimate of drug-likeness (QED) is 0.642. The Balaban J connectivity index is 2.18. The van der Waals surface area contributed by atoms with Crippen LogP contribution in [0.5, 0.6) is 0 Å². The molecular formula is C19H15FN4. The van der Waals surface area contributed by atoms with Crippen molar-refractivity contribution in [2.45, 2.75) is 6.92 Å². The highest BCUT2D eigenvalue weighted by Gasteiger charge is 2.07. The van der Waals surface area contributed by atoms with E-state index >= 15 is 0 Å². The number of benzene rings is 1. The van der Waals surface area contributed by atoms with Crippen molar-refractivity contribution in [1.29, 1.82) is 5.26 Å². The molecule has 1 aromatic carbocycles. The minimum Gasteiger partial charge on any atom is -0.348 e. The molecule has 0 radical (unpaired) electrons. The molecule has 0 aliphatic heterocycles. The summed E-state index contributed by atoms with van der Waals surface area (Å²) in [5.74, 6) is 5.31. The predicted octanol–water partition coefficient (Wildman–Crippen LogP) is 3.44. The first-order valence-electron chi connectivity index (χ1n) is 7.09. The summed E-state index contributed by atoms with van der Waals surface area (Å²) < 4.78 is 13.6. The van der Waals surface area contributed by atoms with Gasteiger partial charge in [-0.3, -0.25) is 4.98 Å². The fourth-order valence-corrected chi connectivity index (χ4v) is 1.93. The standard InChI is InChI=1S/C19H15FN4/c1-14(4-5-18-13-22-6-7-23-18)8-15(2)24(3)19-10-16(12-21)9-17(20)11-19/h6-11,13H,1H2,2-3H3/b15-8-. The van der Waals surface area contributed by atoms with Crippen LogP contribution in [0.2, 0.25) is 0 Å². The molecule has 0 bridgehead atoms. The maximum Gasteiger partial charge on any atom is 0.131 e. The average Bonchev–Trinajstić information content (AvgIpc) is 2.59. The number of halogens is 1. The maximum atomic E-state index is 13.6. The average molecular weight is 318 g/mol. The lowest BCUT2D eigenvalue weighted by Gasteiger charge is -2.20. The van der Waals surface area contributed by atoms with Crippen LogP contribution in [0.3, 0.4) is 0 Å². The second kappa shape index (κ2) is 7.71. The molecule has 0 atom stereocenters. The summed E-state index contributed by atoms with van der Waals surface area (Å²) in [4.78, 5) is 9.76. The zero-order chi connectivity index (χ0) is 17.5. The molecule has 1 aromatic heterocycles. The predicted molar refractivity (Wildman–Crippen MR) is 91.3 cm³/mol. The van der Waals surface area contributed by atoms with Crippen LogP contribution in [0.1, 0.15) is 18.2 Å². The van der Waals surface area contributed by atoms with Gasteiger partial charge in [0.2, 0.25) is 0 Å². The first-order chi connectivity index (χ1) is 11.5. The number of allylic oxidation sites excluding steroid dienone is 3. The summed E-state index contributed by atoms with van der Waals surface area (Å²) in [5, 5.41) is 8.94. The minimum atomic E-state index is -0.454. The van der Waals surface area contributed by atoms with Crippen molar-refractivity contribution in [2.75, 3.05) is 11.9 Å². The Labute approximate surface area is 140 Å². The monoisotopic (exact) mass is 318 g/mol. The molecule has 0 saturated heterocycles. The lowest BCUT2D eigenvalue weighted by Crippen LogP contribution is -2.14. The van der Waals surface area contributed by atoms with Gasteiger partial charge in [-0.2, -0.15) is 5.26 Å². The molecule has 0 unspecified atom stereocenters. The van der Waals surface area contributed by atoms with E-state index in [-0.39, 0.29) is 5.56 Å². The molecule has 2 rings (SSSR count). The number of nitrogens with zero attached hydrogens (tertiary/aromatic N) is 4. The van der Waals surface area contributed by atoms with Gasteiger partial charge in [0.15, 0.2) is 0 Å². The molecular weight excluding hydrogens is 303 g/mol. The molecule has 0 aliphatic carbocycles. The Morgan fingerprint density at radius 3 is 2.79 bits per heavy atom. The van der Waals surface area contributed by atoms with Crippen LogP contribution in [-0.4, -0.2) is 17.0 Å². The van der Waals surface area contributed by atoms with Gasteiger partial charge in [0, 0.05) is 36.4 Å². The summed E-state index contributed by atoms with van der Waals surface area (Å²) >= 11 is 0. The van der Waals surface area contributed by atoms with E-state index in [0.717, 1.165) is 5.70 Å². The number of rotatable bonds is 3. The van der Waals surface area contributed by atoms with Gasteiger partial charge in [-0.25, -0.2) is 9.37 Å². The third kappa shape index (κ3) is 4.53. The molecule has 0 aliphatic rings. The Morgan fingerprint density at radius 2 is 2.12 bits per heavy atom. The first-order valence-corrected chi connectivity index (χ1v) is 7.09. The van der Waals surface area contributed by atoms with Crippen LogP contribution in [0.25, 0.3) is 0 Å². The second-order valence-corrected chi connectivity index (χ2v) is 5.02. The van der Waals surface area contributed by atoms with Crippen molar-refractivity contribution in [3.63, 3.8) is 0 Å². The Hall–Kier alpha value is -3.44. The van der Waals surface area contributed by atoms with Crippen LogP contribution in [-0.2, 0) is 0 Å². The molecule has 0 saturated carbocycles. The van der Waals surface area contributed by atoms with Crippen molar-refractivity contribution in [2.24, 2.45) is 0 Å². The van der Waals surface area contributed by atoms with E-state index in [1.165, 1.54) is 12.1 Å². The lowest BCUT2D eigenvalue weighted by molar-refractivity contribution is 0.627. The summed E-state index contributed by atoms with van der Waals surface area (Å²) in [7, 11) is 1.78. The van der Waals surface area contributed by atoms with Crippen LogP contribution in [0.15, 0.2) is 60.7 Å². The SMILES string of the molecule is C=C(C#Cc1cnccn1)/C=C(/C)N(C)c1cc(F)cc(C#N)c1. The zero-order valence-corrected chi connectivity index (χ0v) is 13.4.